The van der Waals surface area contributed by atoms with Crippen molar-refractivity contribution >= 4 is 39.1 Å². The lowest BCUT2D eigenvalue weighted by molar-refractivity contribution is 0.412. The molecule has 2 heterocycles. The molecule has 4 aromatic rings. The molecule has 0 radical (unpaired) electrons. The maximum atomic E-state index is 13.1. The van der Waals surface area contributed by atoms with Gasteiger partial charge in [0.1, 0.15) is 23.1 Å². The SMILES string of the molecule is COc1ccc(Oc2ccc(Nc3ncc(Br)c(Nc4ccc(F)cc4)n3)cn2)cc1. The molecule has 0 amide bonds. The number of anilines is 4. The van der Waals surface area contributed by atoms with Crippen molar-refractivity contribution in [1.82, 2.24) is 15.0 Å². The molecule has 0 unspecified atom stereocenters. The molecule has 156 valence electrons. The summed E-state index contributed by atoms with van der Waals surface area (Å²) in [5.74, 6) is 2.46. The van der Waals surface area contributed by atoms with Gasteiger partial charge in [0.2, 0.25) is 11.8 Å². The van der Waals surface area contributed by atoms with Gasteiger partial charge in [-0.2, -0.15) is 4.98 Å². The van der Waals surface area contributed by atoms with Gasteiger partial charge >= 0.3 is 0 Å². The van der Waals surface area contributed by atoms with Gasteiger partial charge in [-0.3, -0.25) is 0 Å². The smallest absolute Gasteiger partial charge is 0.229 e. The minimum Gasteiger partial charge on any atom is -0.497 e. The van der Waals surface area contributed by atoms with Crippen molar-refractivity contribution < 1.29 is 13.9 Å². The first-order chi connectivity index (χ1) is 15.1. The Morgan fingerprint density at radius 2 is 1.52 bits per heavy atom. The largest absolute Gasteiger partial charge is 0.497 e. The van der Waals surface area contributed by atoms with Crippen molar-refractivity contribution in [2.24, 2.45) is 0 Å². The number of halogens is 2. The van der Waals surface area contributed by atoms with Crippen LogP contribution in [0.1, 0.15) is 0 Å². The van der Waals surface area contributed by atoms with E-state index in [4.69, 9.17) is 9.47 Å². The number of rotatable bonds is 7. The molecule has 0 bridgehead atoms. The van der Waals surface area contributed by atoms with E-state index in [0.717, 1.165) is 5.75 Å². The predicted octanol–water partition coefficient (Wildman–Crippen LogP) is 6.06. The van der Waals surface area contributed by atoms with Crippen molar-refractivity contribution in [3.8, 4) is 17.4 Å². The molecule has 0 aliphatic heterocycles. The highest BCUT2D eigenvalue weighted by Gasteiger charge is 2.07. The molecular formula is C22H17BrFN5O2. The number of methoxy groups -OCH3 is 1. The molecule has 2 N–H and O–H groups in total. The summed E-state index contributed by atoms with van der Waals surface area (Å²) < 4.78 is 24.6. The van der Waals surface area contributed by atoms with Gasteiger partial charge in [0.05, 0.1) is 23.5 Å². The van der Waals surface area contributed by atoms with Crippen LogP contribution in [0, 0.1) is 5.82 Å². The molecule has 0 aliphatic rings. The topological polar surface area (TPSA) is 81.2 Å². The third-order valence-electron chi connectivity index (χ3n) is 4.13. The summed E-state index contributed by atoms with van der Waals surface area (Å²) in [5.41, 5.74) is 1.39. The van der Waals surface area contributed by atoms with E-state index in [1.54, 1.807) is 49.8 Å². The van der Waals surface area contributed by atoms with Crippen molar-refractivity contribution in [2.45, 2.75) is 0 Å². The second kappa shape index (κ2) is 9.40. The van der Waals surface area contributed by atoms with Gasteiger partial charge in [-0.1, -0.05) is 0 Å². The number of nitrogens with one attached hydrogen (secondary N) is 2. The molecule has 0 atom stereocenters. The molecule has 0 saturated heterocycles. The Hall–Kier alpha value is -3.72. The third kappa shape index (κ3) is 5.46. The zero-order chi connectivity index (χ0) is 21.6. The maximum absolute atomic E-state index is 13.1. The summed E-state index contributed by atoms with van der Waals surface area (Å²) in [6.07, 6.45) is 3.24. The normalized spacial score (nSPS) is 10.4. The Labute approximate surface area is 186 Å². The molecule has 7 nitrogen and oxygen atoms in total. The summed E-state index contributed by atoms with van der Waals surface area (Å²) in [6, 6.07) is 16.8. The minimum absolute atomic E-state index is 0.304. The average molecular weight is 482 g/mol. The monoisotopic (exact) mass is 481 g/mol. The van der Waals surface area contributed by atoms with Crippen LogP contribution in [0.4, 0.5) is 27.5 Å². The van der Waals surface area contributed by atoms with Crippen molar-refractivity contribution in [3.05, 3.63) is 83.3 Å². The number of nitrogens with zero attached hydrogens (tertiary/aromatic N) is 3. The molecule has 9 heteroatoms. The molecule has 0 fully saturated rings. The lowest BCUT2D eigenvalue weighted by Crippen LogP contribution is -2.02. The number of hydrogen-bond donors (Lipinski definition) is 2. The van der Waals surface area contributed by atoms with E-state index in [9.17, 15) is 4.39 Å². The minimum atomic E-state index is -0.304. The second-order valence-corrected chi connectivity index (χ2v) is 7.16. The van der Waals surface area contributed by atoms with Gasteiger partial charge in [0.15, 0.2) is 0 Å². The predicted molar refractivity (Wildman–Crippen MR) is 120 cm³/mol. The number of pyridine rings is 1. The summed E-state index contributed by atoms with van der Waals surface area (Å²) in [6.45, 7) is 0. The molecule has 2 aromatic heterocycles. The van der Waals surface area contributed by atoms with Crippen molar-refractivity contribution in [2.75, 3.05) is 17.7 Å². The summed E-state index contributed by atoms with van der Waals surface area (Å²) in [7, 11) is 1.61. The first kappa shape index (κ1) is 20.5. The van der Waals surface area contributed by atoms with Crippen molar-refractivity contribution in [1.29, 1.82) is 0 Å². The van der Waals surface area contributed by atoms with E-state index in [1.165, 1.54) is 12.1 Å². The van der Waals surface area contributed by atoms with Crippen LogP contribution in [-0.2, 0) is 0 Å². The first-order valence-electron chi connectivity index (χ1n) is 9.19. The maximum Gasteiger partial charge on any atom is 0.229 e. The summed E-state index contributed by atoms with van der Waals surface area (Å²) in [5, 5.41) is 6.22. The van der Waals surface area contributed by atoms with E-state index in [-0.39, 0.29) is 5.82 Å². The average Bonchev–Trinajstić information content (AvgIpc) is 2.79. The van der Waals surface area contributed by atoms with Crippen LogP contribution in [0.25, 0.3) is 0 Å². The van der Waals surface area contributed by atoms with Gasteiger partial charge in [-0.25, -0.2) is 14.4 Å². The highest BCUT2D eigenvalue weighted by molar-refractivity contribution is 9.10. The van der Waals surface area contributed by atoms with E-state index in [0.29, 0.717) is 39.2 Å². The lowest BCUT2D eigenvalue weighted by atomic mass is 10.3. The molecule has 0 aliphatic carbocycles. The number of benzene rings is 2. The fourth-order valence-electron chi connectivity index (χ4n) is 2.59. The van der Waals surface area contributed by atoms with Crippen LogP contribution in [0.2, 0.25) is 0 Å². The van der Waals surface area contributed by atoms with Crippen LogP contribution >= 0.6 is 15.9 Å². The van der Waals surface area contributed by atoms with Crippen molar-refractivity contribution in [3.63, 3.8) is 0 Å². The standard InChI is InChI=1S/C22H17BrFN5O2/c1-30-17-7-9-18(10-8-17)31-20-11-6-16(12-25-20)28-22-26-13-19(23)21(29-22)27-15-4-2-14(24)3-5-15/h2-13H,1H3,(H2,26,27,28,29). The van der Waals surface area contributed by atoms with Gasteiger partial charge < -0.3 is 20.1 Å². The lowest BCUT2D eigenvalue weighted by Gasteiger charge is -2.11. The Morgan fingerprint density at radius 1 is 0.806 bits per heavy atom. The van der Waals surface area contributed by atoms with Gasteiger partial charge in [-0.05, 0) is 70.5 Å². The highest BCUT2D eigenvalue weighted by atomic mass is 79.9. The van der Waals surface area contributed by atoms with Crippen LogP contribution in [0.5, 0.6) is 17.4 Å². The first-order valence-corrected chi connectivity index (χ1v) is 9.98. The fraction of sp³-hybridized carbons (Fsp3) is 0.0455. The van der Waals surface area contributed by atoms with Crippen LogP contribution in [0.15, 0.2) is 77.5 Å². The Bertz CT molecular complexity index is 1160. The Morgan fingerprint density at radius 3 is 2.19 bits per heavy atom. The number of hydrogen-bond acceptors (Lipinski definition) is 7. The summed E-state index contributed by atoms with van der Waals surface area (Å²) >= 11 is 3.41. The number of ether oxygens (including phenoxy) is 2. The molecule has 2 aromatic carbocycles. The Kier molecular flexibility index (Phi) is 6.23. The highest BCUT2D eigenvalue weighted by Crippen LogP contribution is 2.26. The van der Waals surface area contributed by atoms with Gasteiger partial charge in [-0.15, -0.1) is 0 Å². The molecule has 31 heavy (non-hydrogen) atoms. The summed E-state index contributed by atoms with van der Waals surface area (Å²) in [4.78, 5) is 13.0. The quantitative estimate of drug-likeness (QED) is 0.331. The van der Waals surface area contributed by atoms with Crippen LogP contribution in [0.3, 0.4) is 0 Å². The van der Waals surface area contributed by atoms with Gasteiger partial charge in [0.25, 0.3) is 0 Å². The molecule has 4 rings (SSSR count). The number of aromatic nitrogens is 3. The van der Waals surface area contributed by atoms with Crippen LogP contribution < -0.4 is 20.1 Å². The molecular weight excluding hydrogens is 465 g/mol. The van der Waals surface area contributed by atoms with E-state index >= 15 is 0 Å². The van der Waals surface area contributed by atoms with Crippen LogP contribution in [-0.4, -0.2) is 22.1 Å². The van der Waals surface area contributed by atoms with E-state index in [1.807, 2.05) is 18.2 Å². The Balaban J connectivity index is 1.43. The van der Waals surface area contributed by atoms with E-state index in [2.05, 4.69) is 41.5 Å². The molecule has 0 saturated carbocycles. The second-order valence-electron chi connectivity index (χ2n) is 6.31. The van der Waals surface area contributed by atoms with Gasteiger partial charge in [0, 0.05) is 18.0 Å². The fourth-order valence-corrected chi connectivity index (χ4v) is 2.88. The zero-order valence-electron chi connectivity index (χ0n) is 16.3. The third-order valence-corrected chi connectivity index (χ3v) is 4.71. The zero-order valence-corrected chi connectivity index (χ0v) is 17.9. The van der Waals surface area contributed by atoms with E-state index < -0.39 is 0 Å². The molecule has 0 spiro atoms.